The van der Waals surface area contributed by atoms with Gasteiger partial charge in [-0.15, -0.1) is 0 Å². The Bertz CT molecular complexity index is 1450. The SMILES string of the molecule is Cc1cc2c(cn1)cc(-c1cc(NC(=O)c3cccc4c3CCC4)ccc1C)c(=O)n2C. The summed E-state index contributed by atoms with van der Waals surface area (Å²) in [5.74, 6) is -0.107. The van der Waals surface area contributed by atoms with Gasteiger partial charge >= 0.3 is 0 Å². The van der Waals surface area contributed by atoms with Crippen molar-refractivity contribution in [2.24, 2.45) is 7.05 Å². The molecule has 0 unspecified atom stereocenters. The number of hydrogen-bond acceptors (Lipinski definition) is 3. The molecular weight excluding hydrogens is 398 g/mol. The summed E-state index contributed by atoms with van der Waals surface area (Å²) in [6, 6.07) is 15.5. The third kappa shape index (κ3) is 3.40. The lowest BCUT2D eigenvalue weighted by atomic mass is 9.99. The van der Waals surface area contributed by atoms with Gasteiger partial charge in [0.2, 0.25) is 0 Å². The van der Waals surface area contributed by atoms with Crippen LogP contribution in [0.25, 0.3) is 22.0 Å². The lowest BCUT2D eigenvalue weighted by Crippen LogP contribution is -2.19. The Kier molecular flexibility index (Phi) is 4.89. The summed E-state index contributed by atoms with van der Waals surface area (Å²) in [6.45, 7) is 3.89. The number of carbonyl (C=O) groups is 1. The molecule has 5 heteroatoms. The second-order valence-corrected chi connectivity index (χ2v) is 8.59. The number of rotatable bonds is 3. The molecule has 0 fully saturated rings. The second-order valence-electron chi connectivity index (χ2n) is 8.59. The fraction of sp³-hybridized carbons (Fsp3) is 0.222. The van der Waals surface area contributed by atoms with Gasteiger partial charge in [0.25, 0.3) is 11.5 Å². The number of anilines is 1. The monoisotopic (exact) mass is 423 g/mol. The third-order valence-corrected chi connectivity index (χ3v) is 6.42. The van der Waals surface area contributed by atoms with Gasteiger partial charge < -0.3 is 9.88 Å². The highest BCUT2D eigenvalue weighted by Crippen LogP contribution is 2.29. The summed E-state index contributed by atoms with van der Waals surface area (Å²) < 4.78 is 1.66. The number of benzene rings is 2. The zero-order valence-electron chi connectivity index (χ0n) is 18.5. The molecule has 2 aromatic heterocycles. The average Bonchev–Trinajstić information content (AvgIpc) is 3.27. The molecule has 32 heavy (non-hydrogen) atoms. The largest absolute Gasteiger partial charge is 0.322 e. The molecule has 4 aromatic rings. The van der Waals surface area contributed by atoms with E-state index in [1.54, 1.807) is 17.8 Å². The molecule has 1 aliphatic rings. The van der Waals surface area contributed by atoms with E-state index in [2.05, 4.69) is 16.4 Å². The van der Waals surface area contributed by atoms with Gasteiger partial charge in [0.15, 0.2) is 0 Å². The molecule has 2 aromatic carbocycles. The first-order valence-corrected chi connectivity index (χ1v) is 10.9. The molecule has 0 saturated heterocycles. The number of hydrogen-bond donors (Lipinski definition) is 1. The molecule has 1 N–H and O–H groups in total. The number of nitrogens with zero attached hydrogens (tertiary/aromatic N) is 2. The molecule has 0 radical (unpaired) electrons. The van der Waals surface area contributed by atoms with E-state index in [9.17, 15) is 9.59 Å². The standard InChI is InChI=1S/C27H25N3O2/c1-16-10-11-20(29-26(31)22-9-5-7-18-6-4-8-21(18)22)14-23(16)24-13-19-15-28-17(2)12-25(19)30(3)27(24)32/h5,7,9-15H,4,6,8H2,1-3H3,(H,29,31). The molecule has 0 atom stereocenters. The van der Waals surface area contributed by atoms with E-state index >= 15 is 0 Å². The van der Waals surface area contributed by atoms with Gasteiger partial charge in [-0.2, -0.15) is 0 Å². The Morgan fingerprint density at radius 1 is 1.03 bits per heavy atom. The van der Waals surface area contributed by atoms with E-state index in [1.165, 1.54) is 5.56 Å². The van der Waals surface area contributed by atoms with E-state index in [4.69, 9.17) is 0 Å². The van der Waals surface area contributed by atoms with Crippen molar-refractivity contribution in [1.29, 1.82) is 0 Å². The Balaban J connectivity index is 1.55. The Morgan fingerprint density at radius 2 is 1.88 bits per heavy atom. The minimum atomic E-state index is -0.107. The van der Waals surface area contributed by atoms with Crippen LogP contribution >= 0.6 is 0 Å². The van der Waals surface area contributed by atoms with Crippen LogP contribution in [0.15, 0.2) is 59.5 Å². The molecule has 0 saturated carbocycles. The van der Waals surface area contributed by atoms with Crippen LogP contribution in [0.4, 0.5) is 5.69 Å². The average molecular weight is 424 g/mol. The molecule has 160 valence electrons. The lowest BCUT2D eigenvalue weighted by Gasteiger charge is -2.14. The maximum absolute atomic E-state index is 13.2. The van der Waals surface area contributed by atoms with Crippen LogP contribution in [0, 0.1) is 13.8 Å². The fourth-order valence-electron chi connectivity index (χ4n) is 4.68. The number of aromatic nitrogens is 2. The fourth-order valence-corrected chi connectivity index (χ4v) is 4.68. The van der Waals surface area contributed by atoms with Crippen molar-refractivity contribution < 1.29 is 4.79 Å². The summed E-state index contributed by atoms with van der Waals surface area (Å²) in [5, 5.41) is 3.95. The highest BCUT2D eigenvalue weighted by Gasteiger charge is 2.19. The first-order valence-electron chi connectivity index (χ1n) is 10.9. The number of aryl methyl sites for hydroxylation is 4. The first kappa shape index (κ1) is 20.2. The lowest BCUT2D eigenvalue weighted by molar-refractivity contribution is 0.102. The Labute approximate surface area is 186 Å². The van der Waals surface area contributed by atoms with E-state index in [0.717, 1.165) is 58.1 Å². The minimum absolute atomic E-state index is 0.0736. The molecule has 2 heterocycles. The van der Waals surface area contributed by atoms with Gasteiger partial charge in [0, 0.05) is 41.1 Å². The Morgan fingerprint density at radius 3 is 2.72 bits per heavy atom. The van der Waals surface area contributed by atoms with Crippen molar-refractivity contribution in [3.8, 4) is 11.1 Å². The summed E-state index contributed by atoms with van der Waals surface area (Å²) >= 11 is 0. The molecule has 0 bridgehead atoms. The molecule has 5 rings (SSSR count). The van der Waals surface area contributed by atoms with E-state index in [-0.39, 0.29) is 11.5 Å². The smallest absolute Gasteiger partial charge is 0.258 e. The number of carbonyl (C=O) groups excluding carboxylic acids is 1. The van der Waals surface area contributed by atoms with Crippen LogP contribution in [0.2, 0.25) is 0 Å². The van der Waals surface area contributed by atoms with Crippen LogP contribution in [0.3, 0.4) is 0 Å². The normalized spacial score (nSPS) is 12.7. The van der Waals surface area contributed by atoms with E-state index in [1.807, 2.05) is 56.3 Å². The summed E-state index contributed by atoms with van der Waals surface area (Å²) in [4.78, 5) is 30.6. The molecule has 1 amide bonds. The maximum Gasteiger partial charge on any atom is 0.258 e. The van der Waals surface area contributed by atoms with Crippen LogP contribution in [-0.2, 0) is 19.9 Å². The topological polar surface area (TPSA) is 64.0 Å². The minimum Gasteiger partial charge on any atom is -0.322 e. The van der Waals surface area contributed by atoms with Gasteiger partial charge in [0.1, 0.15) is 0 Å². The van der Waals surface area contributed by atoms with Gasteiger partial charge in [-0.25, -0.2) is 0 Å². The third-order valence-electron chi connectivity index (χ3n) is 6.42. The van der Waals surface area contributed by atoms with Gasteiger partial charge in [-0.3, -0.25) is 14.6 Å². The zero-order valence-corrected chi connectivity index (χ0v) is 18.5. The zero-order chi connectivity index (χ0) is 22.4. The van der Waals surface area contributed by atoms with Gasteiger partial charge in [-0.05, 0) is 85.7 Å². The first-order chi connectivity index (χ1) is 15.4. The number of pyridine rings is 2. The number of nitrogens with one attached hydrogen (secondary N) is 1. The second kappa shape index (κ2) is 7.75. The summed E-state index contributed by atoms with van der Waals surface area (Å²) in [5.41, 5.74) is 7.87. The van der Waals surface area contributed by atoms with E-state index in [0.29, 0.717) is 11.3 Å². The highest BCUT2D eigenvalue weighted by atomic mass is 16.1. The molecule has 1 aliphatic carbocycles. The van der Waals surface area contributed by atoms with Crippen LogP contribution in [-0.4, -0.2) is 15.5 Å². The highest BCUT2D eigenvalue weighted by molar-refractivity contribution is 6.06. The molecule has 0 spiro atoms. The predicted octanol–water partition coefficient (Wildman–Crippen LogP) is 4.96. The predicted molar refractivity (Wildman–Crippen MR) is 128 cm³/mol. The maximum atomic E-state index is 13.2. The van der Waals surface area contributed by atoms with Crippen LogP contribution in [0.5, 0.6) is 0 Å². The van der Waals surface area contributed by atoms with Gasteiger partial charge in [0.05, 0.1) is 5.52 Å². The summed E-state index contributed by atoms with van der Waals surface area (Å²) in [7, 11) is 1.78. The molecule has 0 aliphatic heterocycles. The summed E-state index contributed by atoms with van der Waals surface area (Å²) in [6.07, 6.45) is 4.86. The quantitative estimate of drug-likeness (QED) is 0.507. The number of amides is 1. The van der Waals surface area contributed by atoms with Crippen molar-refractivity contribution in [2.75, 3.05) is 5.32 Å². The number of fused-ring (bicyclic) bond motifs is 2. The van der Waals surface area contributed by atoms with Crippen molar-refractivity contribution in [2.45, 2.75) is 33.1 Å². The van der Waals surface area contributed by atoms with Crippen molar-refractivity contribution in [3.05, 3.63) is 93.0 Å². The van der Waals surface area contributed by atoms with Crippen molar-refractivity contribution in [1.82, 2.24) is 9.55 Å². The van der Waals surface area contributed by atoms with Crippen molar-refractivity contribution >= 4 is 22.5 Å². The van der Waals surface area contributed by atoms with Gasteiger partial charge in [-0.1, -0.05) is 18.2 Å². The van der Waals surface area contributed by atoms with Crippen LogP contribution < -0.4 is 10.9 Å². The van der Waals surface area contributed by atoms with Crippen LogP contribution in [0.1, 0.15) is 39.2 Å². The molecule has 5 nitrogen and oxygen atoms in total. The van der Waals surface area contributed by atoms with E-state index < -0.39 is 0 Å². The molecular formula is C27H25N3O2. The Hall–Kier alpha value is -3.73. The van der Waals surface area contributed by atoms with Crippen molar-refractivity contribution in [3.63, 3.8) is 0 Å².